The van der Waals surface area contributed by atoms with Crippen molar-refractivity contribution in [3.8, 4) is 0 Å². The van der Waals surface area contributed by atoms with Crippen molar-refractivity contribution in [3.63, 3.8) is 0 Å². The molecule has 0 spiro atoms. The van der Waals surface area contributed by atoms with Crippen LogP contribution >= 0.6 is 95.6 Å². The molecule has 0 aliphatic rings. The van der Waals surface area contributed by atoms with E-state index < -0.39 is 28.1 Å². The summed E-state index contributed by atoms with van der Waals surface area (Å²) in [4.78, 5) is 22.2. The van der Waals surface area contributed by atoms with Gasteiger partial charge in [-0.05, 0) is 19.3 Å². The Hall–Kier alpha value is 1.82. The number of carboxylic acid groups (broad SMARTS) is 2. The van der Waals surface area contributed by atoms with Gasteiger partial charge in [0.25, 0.3) is 0 Å². The molecule has 0 saturated carbocycles. The number of hydrogen-bond acceptors (Lipinski definition) is 4. The van der Waals surface area contributed by atoms with E-state index in [2.05, 4.69) is 95.6 Å². The molecule has 18 heavy (non-hydrogen) atoms. The van der Waals surface area contributed by atoms with E-state index in [1.54, 1.807) is 0 Å². The highest BCUT2D eigenvalue weighted by Gasteiger charge is 2.43. The summed E-state index contributed by atoms with van der Waals surface area (Å²) >= 11 is 19.0. The summed E-state index contributed by atoms with van der Waals surface area (Å²) in [7, 11) is 0. The zero-order valence-corrected chi connectivity index (χ0v) is 18.0. The van der Waals surface area contributed by atoms with Gasteiger partial charge >= 0.3 is 0 Å². The molecule has 0 unspecified atom stereocenters. The van der Waals surface area contributed by atoms with Crippen molar-refractivity contribution >= 4 is 108 Å². The number of aliphatic carboxylic acids is 2. The van der Waals surface area contributed by atoms with Gasteiger partial charge in [0.05, 0.1) is 0 Å². The highest BCUT2D eigenvalue weighted by molar-refractivity contribution is 9.39. The van der Waals surface area contributed by atoms with E-state index in [1.807, 2.05) is 0 Å². The van der Waals surface area contributed by atoms with Gasteiger partial charge in [0.15, 0.2) is 0 Å². The Labute approximate surface area is 154 Å². The minimum atomic E-state index is -1.65. The molecule has 0 radical (unpaired) electrons. The summed E-state index contributed by atoms with van der Waals surface area (Å²) < 4.78 is -1.83. The van der Waals surface area contributed by atoms with Crippen molar-refractivity contribution in [2.45, 2.75) is 23.5 Å². The summed E-state index contributed by atoms with van der Waals surface area (Å²) in [6.07, 6.45) is -0.841. The molecule has 0 bridgehead atoms. The third kappa shape index (κ3) is 8.18. The Kier molecular flexibility index (Phi) is 7.92. The van der Waals surface area contributed by atoms with Crippen LogP contribution in [0.2, 0.25) is 0 Å². The second-order valence-corrected chi connectivity index (χ2v) is 18.2. The maximum absolute atomic E-state index is 11.4. The quantitative estimate of drug-likeness (QED) is 0.431. The molecular weight excluding hydrogens is 640 g/mol. The predicted octanol–water partition coefficient (Wildman–Crippen LogP) is 2.32. The van der Waals surface area contributed by atoms with Gasteiger partial charge in [-0.2, -0.15) is 0 Å². The van der Waals surface area contributed by atoms with Gasteiger partial charge in [-0.15, -0.1) is 0 Å². The van der Waals surface area contributed by atoms with E-state index in [4.69, 9.17) is 0 Å². The maximum Gasteiger partial charge on any atom is 0.135 e. The van der Waals surface area contributed by atoms with Crippen molar-refractivity contribution in [1.82, 2.24) is 0 Å². The van der Waals surface area contributed by atoms with Crippen molar-refractivity contribution in [2.24, 2.45) is 5.41 Å². The molecule has 4 nitrogen and oxygen atoms in total. The van der Waals surface area contributed by atoms with Crippen molar-refractivity contribution in [3.05, 3.63) is 0 Å². The lowest BCUT2D eigenvalue weighted by atomic mass is 9.79. The molecule has 0 aromatic heterocycles. The number of halogens is 6. The van der Waals surface area contributed by atoms with E-state index in [9.17, 15) is 19.8 Å². The van der Waals surface area contributed by atoms with E-state index in [0.717, 1.165) is 0 Å². The lowest BCUT2D eigenvalue weighted by Crippen LogP contribution is -2.49. The fraction of sp³-hybridized carbons (Fsp3) is 0.750. The first-order chi connectivity index (χ1) is 7.77. The first-order valence-electron chi connectivity index (χ1n) is 4.32. The molecule has 0 atom stereocenters. The average molecular weight is 646 g/mol. The molecule has 0 N–H and O–H groups in total. The molecule has 0 fully saturated rings. The summed E-state index contributed by atoms with van der Waals surface area (Å²) in [5.74, 6) is -2.94. The zero-order valence-electron chi connectivity index (χ0n) is 8.52. The topological polar surface area (TPSA) is 80.3 Å². The van der Waals surface area contributed by atoms with Crippen LogP contribution < -0.4 is 10.2 Å². The normalized spacial score (nSPS) is 13.4. The number of carbonyl (C=O) groups excluding carboxylic acids is 2. The van der Waals surface area contributed by atoms with Crippen molar-refractivity contribution < 1.29 is 19.8 Å². The Bertz CT molecular complexity index is 315. The maximum atomic E-state index is 11.4. The number of carboxylic acids is 2. The van der Waals surface area contributed by atoms with Gasteiger partial charge in [0, 0.05) is 17.4 Å². The zero-order chi connectivity index (χ0) is 14.8. The van der Waals surface area contributed by atoms with Gasteiger partial charge < -0.3 is 19.8 Å². The third-order valence-electron chi connectivity index (χ3n) is 1.99. The van der Waals surface area contributed by atoms with E-state index in [0.29, 0.717) is 0 Å². The Morgan fingerprint density at radius 1 is 0.833 bits per heavy atom. The Morgan fingerprint density at radius 2 is 1.17 bits per heavy atom. The fourth-order valence-corrected chi connectivity index (χ4v) is 4.67. The van der Waals surface area contributed by atoms with Gasteiger partial charge in [0.1, 0.15) is 4.29 Å². The van der Waals surface area contributed by atoms with Crippen LogP contribution in [0.25, 0.3) is 0 Å². The standard InChI is InChI=1S/C8H8Br6O4/c9-7(10,11)2-6(5(17)18,1-4(15)16)3-8(12,13)14/h1-3H2,(H,15,16)(H,17,18)/p-2. The molecule has 0 amide bonds. The summed E-state index contributed by atoms with van der Waals surface area (Å²) in [5, 5.41) is 22.2. The molecule has 0 aliphatic heterocycles. The van der Waals surface area contributed by atoms with Crippen LogP contribution in [0.3, 0.4) is 0 Å². The van der Waals surface area contributed by atoms with Crippen LogP contribution in [-0.4, -0.2) is 16.2 Å². The molecule has 10 heteroatoms. The Balaban J connectivity index is 5.43. The molecule has 0 aromatic carbocycles. The Morgan fingerprint density at radius 3 is 1.33 bits per heavy atom. The van der Waals surface area contributed by atoms with Gasteiger partial charge in [-0.25, -0.2) is 0 Å². The minimum absolute atomic E-state index is 0.0825. The van der Waals surface area contributed by atoms with E-state index in [1.165, 1.54) is 0 Å². The second-order valence-electron chi connectivity index (χ2n) is 3.70. The SMILES string of the molecule is O=C([O-])CC(CC(Br)(Br)Br)(CC(Br)(Br)Br)C(=O)[O-]. The summed E-state index contributed by atoms with van der Waals surface area (Å²) in [5.41, 5.74) is -1.65. The fourth-order valence-electron chi connectivity index (χ4n) is 1.45. The third-order valence-corrected chi connectivity index (χ3v) is 3.68. The van der Waals surface area contributed by atoms with Crippen LogP contribution in [0.1, 0.15) is 19.3 Å². The lowest BCUT2D eigenvalue weighted by Gasteiger charge is -2.40. The van der Waals surface area contributed by atoms with Crippen LogP contribution in [0.4, 0.5) is 0 Å². The smallest absolute Gasteiger partial charge is 0.135 e. The molecular formula is C8H6Br6O4-2. The van der Waals surface area contributed by atoms with Crippen molar-refractivity contribution in [1.29, 1.82) is 0 Å². The lowest BCUT2D eigenvalue weighted by molar-refractivity contribution is -0.329. The first-order valence-corrected chi connectivity index (χ1v) is 9.08. The summed E-state index contributed by atoms with van der Waals surface area (Å²) in [6, 6.07) is 0. The number of alkyl halides is 6. The minimum Gasteiger partial charge on any atom is -0.550 e. The van der Waals surface area contributed by atoms with Gasteiger partial charge in [-0.3, -0.25) is 0 Å². The molecule has 0 rings (SSSR count). The van der Waals surface area contributed by atoms with E-state index >= 15 is 0 Å². The number of hydrogen-bond donors (Lipinski definition) is 0. The second kappa shape index (κ2) is 7.20. The largest absolute Gasteiger partial charge is 0.550 e. The van der Waals surface area contributed by atoms with Gasteiger partial charge in [0.2, 0.25) is 0 Å². The summed E-state index contributed by atoms with van der Waals surface area (Å²) in [6.45, 7) is 0. The monoisotopic (exact) mass is 640 g/mol. The number of carbonyl (C=O) groups is 2. The average Bonchev–Trinajstić information content (AvgIpc) is 1.93. The highest BCUT2D eigenvalue weighted by Crippen LogP contribution is 2.52. The molecule has 0 aliphatic carbocycles. The van der Waals surface area contributed by atoms with Gasteiger partial charge in [-0.1, -0.05) is 95.6 Å². The van der Waals surface area contributed by atoms with Crippen LogP contribution in [-0.2, 0) is 9.59 Å². The van der Waals surface area contributed by atoms with Crippen LogP contribution in [0, 0.1) is 5.41 Å². The molecule has 0 aromatic rings. The highest BCUT2D eigenvalue weighted by atomic mass is 80.0. The first kappa shape index (κ1) is 19.8. The molecule has 0 saturated heterocycles. The predicted molar refractivity (Wildman–Crippen MR) is 85.3 cm³/mol. The van der Waals surface area contributed by atoms with Crippen LogP contribution in [0.5, 0.6) is 0 Å². The van der Waals surface area contributed by atoms with Crippen molar-refractivity contribution in [2.75, 3.05) is 0 Å². The molecule has 0 heterocycles. The van der Waals surface area contributed by atoms with Crippen LogP contribution in [0.15, 0.2) is 0 Å². The molecule has 106 valence electrons. The number of rotatable bonds is 5. The van der Waals surface area contributed by atoms with E-state index in [-0.39, 0.29) is 12.8 Å².